The second-order valence-corrected chi connectivity index (χ2v) is 16.1. The van der Waals surface area contributed by atoms with Crippen molar-refractivity contribution >= 4 is 11.9 Å². The Morgan fingerprint density at radius 3 is 1.57 bits per heavy atom. The van der Waals surface area contributed by atoms with Crippen molar-refractivity contribution in [3.63, 3.8) is 0 Å². The Labute approximate surface area is 344 Å². The molecule has 0 spiro atoms. The van der Waals surface area contributed by atoms with Gasteiger partial charge in [-0.1, -0.05) is 142 Å². The zero-order valence-corrected chi connectivity index (χ0v) is 35.1. The van der Waals surface area contributed by atoms with Crippen LogP contribution in [-0.2, 0) is 33.3 Å². The molecule has 2 aliphatic rings. The number of rotatable bonds is 31. The van der Waals surface area contributed by atoms with Crippen molar-refractivity contribution in [1.29, 1.82) is 0 Å². The van der Waals surface area contributed by atoms with Gasteiger partial charge in [-0.25, -0.2) is 4.79 Å². The highest BCUT2D eigenvalue weighted by atomic mass is 16.7. The summed E-state index contributed by atoms with van der Waals surface area (Å²) < 4.78 is 30.4. The van der Waals surface area contributed by atoms with Gasteiger partial charge in [-0.15, -0.1) is 0 Å². The number of carbonyl (C=O) groups is 2. The summed E-state index contributed by atoms with van der Waals surface area (Å²) in [5.41, 5.74) is -1.49. The third-order valence-electron chi connectivity index (χ3n) is 11.2. The number of carbonyl (C=O) groups excluding carboxylic acids is 2. The number of aromatic nitrogens is 2. The van der Waals surface area contributed by atoms with Crippen LogP contribution < -0.4 is 11.2 Å². The van der Waals surface area contributed by atoms with Gasteiger partial charge in [-0.05, 0) is 12.8 Å². The van der Waals surface area contributed by atoms with Gasteiger partial charge in [0, 0.05) is 25.1 Å². The Morgan fingerprint density at radius 2 is 1.10 bits per heavy atom. The predicted molar refractivity (Wildman–Crippen MR) is 217 cm³/mol. The predicted octanol–water partition coefficient (Wildman–Crippen LogP) is 5.48. The fourth-order valence-electron chi connectivity index (χ4n) is 7.64. The number of ether oxygens (including phenoxy) is 5. The molecule has 2 aliphatic heterocycles. The molecule has 15 heteroatoms. The Morgan fingerprint density at radius 1 is 0.638 bits per heavy atom. The molecule has 3 heterocycles. The molecule has 58 heavy (non-hydrogen) atoms. The SMILES string of the molecule is CCCCCCCCCCCCCC(=O)OC1C(CO[C@@H]2O[C@H](CO)[C@@H](O)[C@H](O)[C@H]2O)OC(n2ccc(=O)[nH]c2=O)C1OC(=O)CCCCCCCCCCCCC. The van der Waals surface area contributed by atoms with E-state index in [1.807, 2.05) is 0 Å². The van der Waals surface area contributed by atoms with E-state index in [-0.39, 0.29) is 12.8 Å². The molecule has 334 valence electrons. The van der Waals surface area contributed by atoms with Crippen LogP contribution in [0.5, 0.6) is 0 Å². The summed E-state index contributed by atoms with van der Waals surface area (Å²) in [6, 6.07) is 1.11. The summed E-state index contributed by atoms with van der Waals surface area (Å²) in [4.78, 5) is 53.9. The van der Waals surface area contributed by atoms with Gasteiger partial charge in [-0.3, -0.25) is 23.9 Å². The van der Waals surface area contributed by atoms with E-state index in [0.717, 1.165) is 62.0 Å². The molecule has 2 fully saturated rings. The van der Waals surface area contributed by atoms with Gasteiger partial charge in [0.1, 0.15) is 30.5 Å². The molecule has 9 atom stereocenters. The number of aromatic amines is 1. The number of unbranched alkanes of at least 4 members (excludes halogenated alkanes) is 20. The second kappa shape index (κ2) is 28.7. The number of aliphatic hydroxyl groups is 4. The third kappa shape index (κ3) is 17.5. The van der Waals surface area contributed by atoms with Gasteiger partial charge >= 0.3 is 17.6 Å². The molecule has 0 radical (unpaired) electrons. The smallest absolute Gasteiger partial charge is 0.330 e. The first-order valence-electron chi connectivity index (χ1n) is 22.4. The number of hydrogen-bond acceptors (Lipinski definition) is 13. The number of H-pyrrole nitrogens is 1. The monoisotopic (exact) mass is 827 g/mol. The lowest BCUT2D eigenvalue weighted by molar-refractivity contribution is -0.306. The first-order chi connectivity index (χ1) is 28.1. The largest absolute Gasteiger partial charge is 0.455 e. The highest BCUT2D eigenvalue weighted by Gasteiger charge is 2.52. The molecule has 0 saturated carbocycles. The van der Waals surface area contributed by atoms with Crippen molar-refractivity contribution in [3.05, 3.63) is 33.1 Å². The number of hydrogen-bond donors (Lipinski definition) is 5. The van der Waals surface area contributed by atoms with E-state index in [9.17, 15) is 39.6 Å². The highest BCUT2D eigenvalue weighted by molar-refractivity contribution is 5.70. The van der Waals surface area contributed by atoms with Gasteiger partial charge in [0.05, 0.1) is 13.2 Å². The Kier molecular flexibility index (Phi) is 24.6. The van der Waals surface area contributed by atoms with E-state index in [1.54, 1.807) is 0 Å². The molecule has 15 nitrogen and oxygen atoms in total. The van der Waals surface area contributed by atoms with E-state index < -0.39 is 91.6 Å². The molecular formula is C43H74N2O13. The second-order valence-electron chi connectivity index (χ2n) is 16.1. The summed E-state index contributed by atoms with van der Waals surface area (Å²) in [6.45, 7) is 3.30. The van der Waals surface area contributed by atoms with E-state index >= 15 is 0 Å². The van der Waals surface area contributed by atoms with E-state index in [2.05, 4.69) is 18.8 Å². The topological polar surface area (TPSA) is 216 Å². The van der Waals surface area contributed by atoms with Crippen LogP contribution in [0.15, 0.2) is 21.9 Å². The summed E-state index contributed by atoms with van der Waals surface area (Å²) >= 11 is 0. The lowest BCUT2D eigenvalue weighted by Crippen LogP contribution is -2.59. The maximum absolute atomic E-state index is 13.4. The van der Waals surface area contributed by atoms with Crippen LogP contribution in [0, 0.1) is 0 Å². The fourth-order valence-corrected chi connectivity index (χ4v) is 7.64. The summed E-state index contributed by atoms with van der Waals surface area (Å²) in [6.07, 6.45) is 12.8. The van der Waals surface area contributed by atoms with E-state index in [1.165, 1.54) is 83.2 Å². The number of aliphatic hydroxyl groups excluding tert-OH is 4. The average molecular weight is 827 g/mol. The average Bonchev–Trinajstić information content (AvgIpc) is 3.52. The summed E-state index contributed by atoms with van der Waals surface area (Å²) in [5, 5.41) is 40.8. The van der Waals surface area contributed by atoms with Crippen LogP contribution >= 0.6 is 0 Å². The minimum absolute atomic E-state index is 0.0895. The molecule has 1 aromatic rings. The molecule has 4 unspecified atom stereocenters. The minimum atomic E-state index is -1.71. The van der Waals surface area contributed by atoms with Gasteiger partial charge in [0.15, 0.2) is 24.7 Å². The van der Waals surface area contributed by atoms with Crippen molar-refractivity contribution < 1.29 is 53.7 Å². The van der Waals surface area contributed by atoms with Gasteiger partial charge in [0.2, 0.25) is 0 Å². The molecule has 2 saturated heterocycles. The number of nitrogens with zero attached hydrogens (tertiary/aromatic N) is 1. The number of nitrogens with one attached hydrogen (secondary N) is 1. The van der Waals surface area contributed by atoms with Gasteiger partial charge in [0.25, 0.3) is 5.56 Å². The van der Waals surface area contributed by atoms with Crippen LogP contribution in [0.3, 0.4) is 0 Å². The van der Waals surface area contributed by atoms with Crippen LogP contribution in [0.25, 0.3) is 0 Å². The molecule has 5 N–H and O–H groups in total. The summed E-state index contributed by atoms with van der Waals surface area (Å²) in [7, 11) is 0. The van der Waals surface area contributed by atoms with Crippen molar-refractivity contribution in [2.75, 3.05) is 13.2 Å². The fraction of sp³-hybridized carbons (Fsp3) is 0.860. The molecule has 0 amide bonds. The molecule has 0 aliphatic carbocycles. The molecular weight excluding hydrogens is 752 g/mol. The van der Waals surface area contributed by atoms with Crippen LogP contribution in [0.4, 0.5) is 0 Å². The normalized spacial score (nSPS) is 25.9. The first-order valence-corrected chi connectivity index (χ1v) is 22.4. The quantitative estimate of drug-likeness (QED) is 0.0464. The van der Waals surface area contributed by atoms with E-state index in [0.29, 0.717) is 12.8 Å². The number of esters is 2. The Bertz CT molecular complexity index is 1390. The van der Waals surface area contributed by atoms with Crippen molar-refractivity contribution in [1.82, 2.24) is 9.55 Å². The Hall–Kier alpha value is -2.66. The maximum Gasteiger partial charge on any atom is 0.330 e. The minimum Gasteiger partial charge on any atom is -0.455 e. The first kappa shape index (κ1) is 49.7. The lowest BCUT2D eigenvalue weighted by Gasteiger charge is -2.39. The Balaban J connectivity index is 1.67. The summed E-state index contributed by atoms with van der Waals surface area (Å²) in [5.74, 6) is -1.14. The molecule has 3 rings (SSSR count). The van der Waals surface area contributed by atoms with Crippen LogP contribution in [0.1, 0.15) is 174 Å². The van der Waals surface area contributed by atoms with Crippen LogP contribution in [0.2, 0.25) is 0 Å². The van der Waals surface area contributed by atoms with Crippen molar-refractivity contribution in [2.45, 2.75) is 223 Å². The van der Waals surface area contributed by atoms with Gasteiger partial charge < -0.3 is 44.1 Å². The van der Waals surface area contributed by atoms with Crippen molar-refractivity contribution in [2.24, 2.45) is 0 Å². The van der Waals surface area contributed by atoms with Crippen molar-refractivity contribution in [3.8, 4) is 0 Å². The van der Waals surface area contributed by atoms with Gasteiger partial charge in [-0.2, -0.15) is 0 Å². The third-order valence-corrected chi connectivity index (χ3v) is 11.2. The zero-order chi connectivity index (χ0) is 42.1. The highest BCUT2D eigenvalue weighted by Crippen LogP contribution is 2.35. The lowest BCUT2D eigenvalue weighted by atomic mass is 9.99. The molecule has 0 bridgehead atoms. The molecule has 1 aromatic heterocycles. The standard InChI is InChI=1S/C43H74N2O13/c1-3-5-7-9-11-13-15-17-19-21-23-25-34(48)57-39-32(30-54-42-38(52)37(51)36(50)31(29-46)56-42)55-41(45-28-27-33(47)44-43(45)53)40(39)58-35(49)26-24-22-20-18-16-14-12-10-8-6-4-2/h27-28,31-32,36-42,46,50-52H,3-26,29-30H2,1-2H3,(H,44,47,53)/t31-,32?,36-,37+,38-,39?,40?,41?,42-/m1/s1. The van der Waals surface area contributed by atoms with Crippen LogP contribution in [-0.4, -0.2) is 104 Å². The zero-order valence-electron chi connectivity index (χ0n) is 35.1. The maximum atomic E-state index is 13.4. The van der Waals surface area contributed by atoms with E-state index in [4.69, 9.17) is 23.7 Å². The molecule has 0 aromatic carbocycles.